The van der Waals surface area contributed by atoms with E-state index in [2.05, 4.69) is 5.32 Å². The number of ketones is 1. The highest BCUT2D eigenvalue weighted by Crippen LogP contribution is 2.22. The molecule has 0 saturated carbocycles. The van der Waals surface area contributed by atoms with Crippen molar-refractivity contribution in [1.29, 1.82) is 0 Å². The van der Waals surface area contributed by atoms with Crippen molar-refractivity contribution >= 4 is 58.3 Å². The first-order valence-electron chi connectivity index (χ1n) is 8.76. The molecule has 0 unspecified atom stereocenters. The molecule has 1 amide bonds. The van der Waals surface area contributed by atoms with E-state index >= 15 is 0 Å². The van der Waals surface area contributed by atoms with Gasteiger partial charge in [-0.1, -0.05) is 50.0 Å². The van der Waals surface area contributed by atoms with E-state index in [-0.39, 0.29) is 18.3 Å². The normalized spacial score (nSPS) is 11.5. The summed E-state index contributed by atoms with van der Waals surface area (Å²) in [4.78, 5) is 37.3. The summed E-state index contributed by atoms with van der Waals surface area (Å²) in [5.41, 5.74) is 0.132. The van der Waals surface area contributed by atoms with Crippen LogP contribution in [0, 0.1) is 5.41 Å². The fourth-order valence-electron chi connectivity index (χ4n) is 2.11. The number of hydrogen-bond acceptors (Lipinski definition) is 5. The van der Waals surface area contributed by atoms with E-state index in [9.17, 15) is 14.4 Å². The predicted molar refractivity (Wildman–Crippen MR) is 116 cm³/mol. The maximum Gasteiger partial charge on any atom is 0.331 e. The largest absolute Gasteiger partial charge is 0.454 e. The van der Waals surface area contributed by atoms with E-state index in [1.165, 1.54) is 23.5 Å². The highest BCUT2D eigenvalue weighted by atomic mass is 35.5. The fraction of sp³-hybridized carbons (Fsp3) is 0.286. The monoisotopic (exact) mass is 453 g/mol. The van der Waals surface area contributed by atoms with Crippen molar-refractivity contribution in [3.63, 3.8) is 0 Å². The first-order valence-corrected chi connectivity index (χ1v) is 10.3. The molecule has 0 aliphatic rings. The van der Waals surface area contributed by atoms with Gasteiger partial charge in [0.25, 0.3) is 0 Å². The Balaban J connectivity index is 1.84. The minimum absolute atomic E-state index is 0.0692. The van der Waals surface area contributed by atoms with E-state index in [1.54, 1.807) is 30.3 Å². The van der Waals surface area contributed by atoms with Gasteiger partial charge in [-0.15, -0.1) is 11.3 Å². The summed E-state index contributed by atoms with van der Waals surface area (Å²) >= 11 is 13.1. The molecule has 1 N–H and O–H groups in total. The Hall–Kier alpha value is -2.15. The van der Waals surface area contributed by atoms with Gasteiger partial charge in [-0.25, -0.2) is 4.79 Å². The Kier molecular flexibility index (Phi) is 8.02. The maximum absolute atomic E-state index is 12.2. The van der Waals surface area contributed by atoms with Gasteiger partial charge in [-0.05, 0) is 35.9 Å². The van der Waals surface area contributed by atoms with Crippen LogP contribution in [0.5, 0.6) is 0 Å². The van der Waals surface area contributed by atoms with Crippen molar-refractivity contribution in [1.82, 2.24) is 5.32 Å². The maximum atomic E-state index is 12.2. The van der Waals surface area contributed by atoms with Crippen molar-refractivity contribution in [2.45, 2.75) is 27.3 Å². The quantitative estimate of drug-likeness (QED) is 0.357. The lowest BCUT2D eigenvalue weighted by Crippen LogP contribution is -2.34. The van der Waals surface area contributed by atoms with E-state index in [0.29, 0.717) is 27.0 Å². The number of amides is 1. The van der Waals surface area contributed by atoms with E-state index < -0.39 is 11.4 Å². The van der Waals surface area contributed by atoms with Gasteiger partial charge < -0.3 is 10.1 Å². The van der Waals surface area contributed by atoms with Crippen LogP contribution in [-0.2, 0) is 20.9 Å². The highest BCUT2D eigenvalue weighted by Gasteiger charge is 2.21. The molecule has 8 heteroatoms. The molecule has 0 atom stereocenters. The minimum atomic E-state index is -0.654. The molecule has 0 aliphatic carbocycles. The number of carbonyl (C=O) groups is 3. The molecule has 2 rings (SSSR count). The molecule has 0 fully saturated rings. The number of carbonyl (C=O) groups excluding carboxylic acids is 3. The zero-order valence-corrected chi connectivity index (χ0v) is 18.6. The highest BCUT2D eigenvalue weighted by molar-refractivity contribution is 7.14. The van der Waals surface area contributed by atoms with Crippen LogP contribution in [0.25, 0.3) is 6.08 Å². The van der Waals surface area contributed by atoms with Crippen molar-refractivity contribution in [2.24, 2.45) is 5.41 Å². The summed E-state index contributed by atoms with van der Waals surface area (Å²) in [5, 5.41) is 3.73. The zero-order valence-electron chi connectivity index (χ0n) is 16.3. The third-order valence-corrected chi connectivity index (χ3v) is 5.44. The van der Waals surface area contributed by atoms with Gasteiger partial charge in [-0.2, -0.15) is 0 Å². The van der Waals surface area contributed by atoms with Gasteiger partial charge in [0.1, 0.15) is 0 Å². The molecule has 29 heavy (non-hydrogen) atoms. The van der Waals surface area contributed by atoms with Crippen LogP contribution in [0.2, 0.25) is 10.0 Å². The van der Waals surface area contributed by atoms with Gasteiger partial charge in [0.2, 0.25) is 11.7 Å². The lowest BCUT2D eigenvalue weighted by atomic mass is 9.96. The number of nitrogens with one attached hydrogen (secondary N) is 1. The van der Waals surface area contributed by atoms with Crippen LogP contribution in [0.1, 0.15) is 40.9 Å². The van der Waals surface area contributed by atoms with Crippen LogP contribution in [-0.4, -0.2) is 24.3 Å². The summed E-state index contributed by atoms with van der Waals surface area (Å²) in [7, 11) is 0. The van der Waals surface area contributed by atoms with Crippen molar-refractivity contribution in [3.8, 4) is 0 Å². The van der Waals surface area contributed by atoms with Crippen LogP contribution < -0.4 is 5.32 Å². The summed E-state index contributed by atoms with van der Waals surface area (Å²) in [6, 6.07) is 8.31. The van der Waals surface area contributed by atoms with Gasteiger partial charge >= 0.3 is 5.97 Å². The Bertz CT molecular complexity index is 944. The first kappa shape index (κ1) is 23.1. The number of rotatable bonds is 7. The number of thiophene rings is 1. The lowest BCUT2D eigenvalue weighted by Gasteiger charge is -2.17. The van der Waals surface area contributed by atoms with Crippen LogP contribution in [0.4, 0.5) is 0 Å². The Morgan fingerprint density at radius 2 is 1.86 bits per heavy atom. The van der Waals surface area contributed by atoms with Crippen LogP contribution in [0.3, 0.4) is 0 Å². The van der Waals surface area contributed by atoms with Crippen LogP contribution in [0.15, 0.2) is 36.4 Å². The van der Waals surface area contributed by atoms with Crippen molar-refractivity contribution in [3.05, 3.63) is 61.8 Å². The molecule has 1 heterocycles. The van der Waals surface area contributed by atoms with Gasteiger partial charge in [0, 0.05) is 26.4 Å². The molecule has 0 bridgehead atoms. The Morgan fingerprint density at radius 1 is 1.14 bits per heavy atom. The summed E-state index contributed by atoms with van der Waals surface area (Å²) in [6.45, 7) is 5.46. The lowest BCUT2D eigenvalue weighted by molar-refractivity contribution is -0.136. The number of Topliss-reactive ketones (excluding diaryl/α,β-unsaturated/α-hetero) is 1. The van der Waals surface area contributed by atoms with Crippen LogP contribution >= 0.6 is 34.5 Å². The zero-order chi connectivity index (χ0) is 21.6. The molecule has 1 aromatic heterocycles. The second kappa shape index (κ2) is 10.1. The molecule has 1 aromatic carbocycles. The van der Waals surface area contributed by atoms with E-state index in [4.69, 9.17) is 27.9 Å². The van der Waals surface area contributed by atoms with Gasteiger partial charge in [0.15, 0.2) is 6.61 Å². The summed E-state index contributed by atoms with van der Waals surface area (Å²) in [6.07, 6.45) is 2.69. The molecular weight excluding hydrogens is 433 g/mol. The predicted octanol–water partition coefficient (Wildman–Crippen LogP) is 5.16. The van der Waals surface area contributed by atoms with Crippen molar-refractivity contribution in [2.75, 3.05) is 6.61 Å². The minimum Gasteiger partial charge on any atom is -0.454 e. The first-order chi connectivity index (χ1) is 13.6. The Labute approximate surface area is 183 Å². The molecule has 0 spiro atoms. The van der Waals surface area contributed by atoms with Gasteiger partial charge in [0.05, 0.1) is 11.4 Å². The second-order valence-electron chi connectivity index (χ2n) is 7.23. The standard InChI is InChI=1S/C21H21Cl2NO4S/c1-21(2,3)20(27)24-11-15-7-8-18(29-15)17(25)12-28-19(26)9-5-13-4-6-14(22)10-16(13)23/h4-10H,11-12H2,1-3H3,(H,24,27)/b9-5+. The van der Waals surface area contributed by atoms with E-state index in [0.717, 1.165) is 4.88 Å². The molecule has 154 valence electrons. The third-order valence-electron chi connectivity index (χ3n) is 3.75. The average Bonchev–Trinajstić information content (AvgIpc) is 3.11. The number of halogens is 2. The topological polar surface area (TPSA) is 72.5 Å². The number of esters is 1. The molecule has 0 radical (unpaired) electrons. The number of ether oxygens (including phenoxy) is 1. The smallest absolute Gasteiger partial charge is 0.331 e. The second-order valence-corrected chi connectivity index (χ2v) is 9.24. The molecule has 0 saturated heterocycles. The fourth-order valence-corrected chi connectivity index (χ4v) is 3.45. The SMILES string of the molecule is CC(C)(C)C(=O)NCc1ccc(C(=O)COC(=O)/C=C/c2ccc(Cl)cc2Cl)s1. The van der Waals surface area contributed by atoms with E-state index in [1.807, 2.05) is 20.8 Å². The summed E-state index contributed by atoms with van der Waals surface area (Å²) < 4.78 is 4.99. The molecule has 0 aliphatic heterocycles. The molecule has 2 aromatic rings. The molecular formula is C21H21Cl2NO4S. The Morgan fingerprint density at radius 3 is 2.52 bits per heavy atom. The third kappa shape index (κ3) is 7.31. The number of benzene rings is 1. The molecule has 5 nitrogen and oxygen atoms in total. The number of hydrogen-bond donors (Lipinski definition) is 1. The van der Waals surface area contributed by atoms with Crippen molar-refractivity contribution < 1.29 is 19.1 Å². The average molecular weight is 454 g/mol. The summed E-state index contributed by atoms with van der Waals surface area (Å²) in [5.74, 6) is -1.03. The van der Waals surface area contributed by atoms with Gasteiger partial charge in [-0.3, -0.25) is 9.59 Å².